The zero-order valence-corrected chi connectivity index (χ0v) is 17.1. The van der Waals surface area contributed by atoms with Crippen molar-refractivity contribution in [2.24, 2.45) is 0 Å². The number of thioether (sulfide) groups is 1. The van der Waals surface area contributed by atoms with E-state index in [0.29, 0.717) is 33.3 Å². The van der Waals surface area contributed by atoms with E-state index < -0.39 is 11.2 Å². The first-order valence-corrected chi connectivity index (χ1v) is 10.7. The van der Waals surface area contributed by atoms with Gasteiger partial charge in [0.25, 0.3) is 0 Å². The van der Waals surface area contributed by atoms with Crippen molar-refractivity contribution in [3.05, 3.63) is 47.2 Å². The van der Waals surface area contributed by atoms with Crippen LogP contribution in [0, 0.1) is 5.82 Å². The maximum atomic E-state index is 13.5. The average molecular weight is 432 g/mol. The molecule has 1 aliphatic rings. The van der Waals surface area contributed by atoms with Crippen LogP contribution in [0.2, 0.25) is 0 Å². The highest BCUT2D eigenvalue weighted by Gasteiger charge is 2.35. The number of carbonyl (C=O) groups is 2. The molecule has 1 N–H and O–H groups in total. The van der Waals surface area contributed by atoms with Gasteiger partial charge >= 0.3 is 5.97 Å². The molecule has 1 amide bonds. The van der Waals surface area contributed by atoms with Crippen molar-refractivity contribution in [1.29, 1.82) is 0 Å². The number of hydrogen-bond acceptors (Lipinski definition) is 6. The Hall–Kier alpha value is -2.65. The summed E-state index contributed by atoms with van der Waals surface area (Å²) < 4.78 is 19.7. The minimum atomic E-state index is -1.03. The van der Waals surface area contributed by atoms with Gasteiger partial charge in [-0.1, -0.05) is 0 Å². The molecule has 150 valence electrons. The Morgan fingerprint density at radius 2 is 2.14 bits per heavy atom. The van der Waals surface area contributed by atoms with Crippen LogP contribution < -0.4 is 9.64 Å². The van der Waals surface area contributed by atoms with Crippen LogP contribution in [-0.4, -0.2) is 33.8 Å². The first-order valence-electron chi connectivity index (χ1n) is 8.96. The summed E-state index contributed by atoms with van der Waals surface area (Å²) in [6.07, 6.45) is -0.274. The molecule has 6 nitrogen and oxygen atoms in total. The van der Waals surface area contributed by atoms with E-state index in [4.69, 9.17) is 4.74 Å². The van der Waals surface area contributed by atoms with E-state index in [1.807, 2.05) is 13.0 Å². The van der Waals surface area contributed by atoms with E-state index in [9.17, 15) is 19.1 Å². The number of fused-ring (bicyclic) bond motifs is 2. The van der Waals surface area contributed by atoms with Gasteiger partial charge < -0.3 is 14.7 Å². The fourth-order valence-electron chi connectivity index (χ4n) is 3.16. The van der Waals surface area contributed by atoms with E-state index in [2.05, 4.69) is 4.98 Å². The predicted octanol–water partition coefficient (Wildman–Crippen LogP) is 4.32. The van der Waals surface area contributed by atoms with Crippen LogP contribution in [0.3, 0.4) is 0 Å². The number of rotatable bonds is 6. The Balaban J connectivity index is 1.71. The van der Waals surface area contributed by atoms with Crippen molar-refractivity contribution in [2.45, 2.75) is 30.0 Å². The number of aromatic nitrogens is 1. The molecule has 1 aliphatic heterocycles. The minimum absolute atomic E-state index is 0.192. The predicted molar refractivity (Wildman–Crippen MR) is 110 cm³/mol. The van der Waals surface area contributed by atoms with Crippen LogP contribution in [0.5, 0.6) is 5.75 Å². The van der Waals surface area contributed by atoms with Gasteiger partial charge in [-0.05, 0) is 43.3 Å². The van der Waals surface area contributed by atoms with Gasteiger partial charge in [0.05, 0.1) is 40.7 Å². The van der Waals surface area contributed by atoms with Crippen molar-refractivity contribution >= 4 is 50.9 Å². The summed E-state index contributed by atoms with van der Waals surface area (Å²) in [5.41, 5.74) is 1.36. The zero-order valence-electron chi connectivity index (χ0n) is 15.4. The maximum absolute atomic E-state index is 13.5. The number of ether oxygens (including phenoxy) is 1. The molecule has 1 aromatic heterocycles. The highest BCUT2D eigenvalue weighted by Crippen LogP contribution is 2.43. The second-order valence-electron chi connectivity index (χ2n) is 6.41. The third-order valence-electron chi connectivity index (χ3n) is 4.39. The third kappa shape index (κ3) is 4.06. The molecule has 0 bridgehead atoms. The van der Waals surface area contributed by atoms with Gasteiger partial charge in [0.15, 0.2) is 0 Å². The van der Waals surface area contributed by atoms with Crippen LogP contribution in [0.1, 0.15) is 18.4 Å². The molecule has 29 heavy (non-hydrogen) atoms. The van der Waals surface area contributed by atoms with Gasteiger partial charge in [-0.3, -0.25) is 9.59 Å². The van der Waals surface area contributed by atoms with Gasteiger partial charge in [-0.25, -0.2) is 9.37 Å². The molecule has 4 rings (SSSR count). The number of carboxylic acid groups (broad SMARTS) is 1. The molecule has 0 saturated heterocycles. The molecule has 0 spiro atoms. The second-order valence-corrected chi connectivity index (χ2v) is 8.77. The normalized spacial score (nSPS) is 16.1. The highest BCUT2D eigenvalue weighted by molar-refractivity contribution is 8.01. The highest BCUT2D eigenvalue weighted by atomic mass is 32.2. The van der Waals surface area contributed by atoms with Gasteiger partial charge in [0, 0.05) is 4.90 Å². The van der Waals surface area contributed by atoms with Crippen molar-refractivity contribution < 1.29 is 23.8 Å². The molecule has 0 radical (unpaired) electrons. The Labute approximate surface area is 174 Å². The first-order chi connectivity index (χ1) is 13.9. The molecule has 0 saturated carbocycles. The summed E-state index contributed by atoms with van der Waals surface area (Å²) in [5.74, 6) is -0.985. The molecule has 2 aromatic carbocycles. The number of carboxylic acids is 1. The zero-order chi connectivity index (χ0) is 20.5. The molecular weight excluding hydrogens is 415 g/mol. The van der Waals surface area contributed by atoms with Crippen molar-refractivity contribution in [1.82, 2.24) is 4.98 Å². The SMILES string of the molecule is CCOc1ccc2c(c1)SC(CC(=O)O)C(=O)N2Cc1nc2ccc(F)cc2s1. The van der Waals surface area contributed by atoms with Crippen molar-refractivity contribution in [2.75, 3.05) is 11.5 Å². The van der Waals surface area contributed by atoms with Crippen molar-refractivity contribution in [3.8, 4) is 5.75 Å². The van der Waals surface area contributed by atoms with Crippen LogP contribution in [0.15, 0.2) is 41.3 Å². The Morgan fingerprint density at radius 3 is 2.90 bits per heavy atom. The average Bonchev–Trinajstić information content (AvgIpc) is 3.06. The molecule has 0 aliphatic carbocycles. The fourth-order valence-corrected chi connectivity index (χ4v) is 5.39. The second kappa shape index (κ2) is 8.00. The van der Waals surface area contributed by atoms with Crippen LogP contribution >= 0.6 is 23.1 Å². The number of carbonyl (C=O) groups excluding carboxylic acids is 1. The Morgan fingerprint density at radius 1 is 1.31 bits per heavy atom. The number of benzene rings is 2. The van der Waals surface area contributed by atoms with Gasteiger partial charge in [-0.2, -0.15) is 0 Å². The lowest BCUT2D eigenvalue weighted by atomic mass is 10.2. The summed E-state index contributed by atoms with van der Waals surface area (Å²) in [6.45, 7) is 2.58. The smallest absolute Gasteiger partial charge is 0.305 e. The minimum Gasteiger partial charge on any atom is -0.494 e. The maximum Gasteiger partial charge on any atom is 0.305 e. The first kappa shape index (κ1) is 19.7. The molecular formula is C20H17FN2O4S2. The number of thiazole rings is 1. The Kier molecular flexibility index (Phi) is 5.42. The van der Waals surface area contributed by atoms with E-state index >= 15 is 0 Å². The van der Waals surface area contributed by atoms with E-state index in [0.717, 1.165) is 4.90 Å². The number of anilines is 1. The van der Waals surface area contributed by atoms with Crippen LogP contribution in [0.4, 0.5) is 10.1 Å². The largest absolute Gasteiger partial charge is 0.494 e. The molecule has 2 heterocycles. The number of amides is 1. The van der Waals surface area contributed by atoms with Gasteiger partial charge in [-0.15, -0.1) is 23.1 Å². The van der Waals surface area contributed by atoms with Gasteiger partial charge in [0.2, 0.25) is 5.91 Å². The number of aliphatic carboxylic acids is 1. The number of nitrogens with zero attached hydrogens (tertiary/aromatic N) is 2. The summed E-state index contributed by atoms with van der Waals surface area (Å²) in [5, 5.41) is 9.13. The number of halogens is 1. The quantitative estimate of drug-likeness (QED) is 0.625. The lowest BCUT2D eigenvalue weighted by Gasteiger charge is -2.33. The van der Waals surface area contributed by atoms with Crippen LogP contribution in [0.25, 0.3) is 10.2 Å². The summed E-state index contributed by atoms with van der Waals surface area (Å²) in [7, 11) is 0. The Bertz CT molecular complexity index is 1100. The molecule has 1 unspecified atom stereocenters. The molecule has 0 fully saturated rings. The lowest BCUT2D eigenvalue weighted by molar-refractivity contribution is -0.138. The van der Waals surface area contributed by atoms with Crippen molar-refractivity contribution in [3.63, 3.8) is 0 Å². The van der Waals surface area contributed by atoms with Gasteiger partial charge in [0.1, 0.15) is 16.6 Å². The standard InChI is InChI=1S/C20H17FN2O4S2/c1-2-27-12-4-6-14-16(8-12)28-17(9-19(24)25)20(26)23(14)10-18-22-13-5-3-11(21)7-15(13)29-18/h3-8,17H,2,9-10H2,1H3,(H,24,25). The molecule has 1 atom stereocenters. The number of hydrogen-bond donors (Lipinski definition) is 1. The topological polar surface area (TPSA) is 79.7 Å². The van der Waals surface area contributed by atoms with E-state index in [-0.39, 0.29) is 24.7 Å². The third-order valence-corrected chi connectivity index (χ3v) is 6.63. The summed E-state index contributed by atoms with van der Waals surface area (Å²) >= 11 is 2.55. The fraction of sp³-hybridized carbons (Fsp3) is 0.250. The summed E-state index contributed by atoms with van der Waals surface area (Å²) in [6, 6.07) is 9.78. The lowest BCUT2D eigenvalue weighted by Crippen LogP contribution is -2.41. The molecule has 3 aromatic rings. The monoisotopic (exact) mass is 432 g/mol. The van der Waals surface area contributed by atoms with E-state index in [1.54, 1.807) is 23.1 Å². The van der Waals surface area contributed by atoms with E-state index in [1.165, 1.54) is 35.2 Å². The summed E-state index contributed by atoms with van der Waals surface area (Å²) in [4.78, 5) is 31.1. The van der Waals surface area contributed by atoms with Crippen LogP contribution in [-0.2, 0) is 16.1 Å². The molecule has 9 heteroatoms.